The van der Waals surface area contributed by atoms with E-state index in [1.54, 1.807) is 12.1 Å². The van der Waals surface area contributed by atoms with E-state index in [0.29, 0.717) is 11.3 Å². The van der Waals surface area contributed by atoms with E-state index in [1.165, 1.54) is 0 Å². The minimum Gasteiger partial charge on any atom is -0.358 e. The first-order valence-corrected chi connectivity index (χ1v) is 9.94. The first-order valence-electron chi connectivity index (χ1n) is 9.94. The van der Waals surface area contributed by atoms with Crippen LogP contribution in [0.5, 0.6) is 0 Å². The van der Waals surface area contributed by atoms with E-state index in [0.717, 1.165) is 42.7 Å². The molecule has 0 spiro atoms. The average Bonchev–Trinajstić information content (AvgIpc) is 3.23. The Morgan fingerprint density at radius 3 is 2.86 bits per heavy atom. The predicted octanol–water partition coefficient (Wildman–Crippen LogP) is 2.54. The van der Waals surface area contributed by atoms with Gasteiger partial charge in [-0.15, -0.1) is 0 Å². The van der Waals surface area contributed by atoms with E-state index in [4.69, 9.17) is 0 Å². The van der Waals surface area contributed by atoms with Gasteiger partial charge in [0.05, 0.1) is 17.9 Å². The van der Waals surface area contributed by atoms with Crippen LogP contribution in [0.25, 0.3) is 0 Å². The number of amides is 3. The van der Waals surface area contributed by atoms with Crippen molar-refractivity contribution >= 4 is 34.8 Å². The first kappa shape index (κ1) is 19.0. The number of para-hydroxylation sites is 1. The minimum atomic E-state index is -0.357. The van der Waals surface area contributed by atoms with Crippen LogP contribution in [-0.2, 0) is 16.0 Å². The second-order valence-corrected chi connectivity index (χ2v) is 7.31. The first-order chi connectivity index (χ1) is 14.1. The molecule has 2 aromatic carbocycles. The summed E-state index contributed by atoms with van der Waals surface area (Å²) in [6.07, 6.45) is 2.64. The minimum absolute atomic E-state index is 0.0264. The topological polar surface area (TPSA) is 90.5 Å². The van der Waals surface area contributed by atoms with Gasteiger partial charge in [-0.1, -0.05) is 25.1 Å². The van der Waals surface area contributed by atoms with Crippen LogP contribution < -0.4 is 20.9 Å². The van der Waals surface area contributed by atoms with Gasteiger partial charge in [0, 0.05) is 17.8 Å². The highest BCUT2D eigenvalue weighted by atomic mass is 16.2. The van der Waals surface area contributed by atoms with Crippen molar-refractivity contribution in [1.29, 1.82) is 0 Å². The van der Waals surface area contributed by atoms with Gasteiger partial charge in [0.1, 0.15) is 6.04 Å². The van der Waals surface area contributed by atoms with Gasteiger partial charge in [-0.2, -0.15) is 0 Å². The van der Waals surface area contributed by atoms with Gasteiger partial charge in [0.15, 0.2) is 0 Å². The molecule has 0 radical (unpaired) electrons. The normalized spacial score (nSPS) is 17.2. The lowest BCUT2D eigenvalue weighted by Gasteiger charge is -2.33. The van der Waals surface area contributed by atoms with E-state index in [-0.39, 0.29) is 30.3 Å². The van der Waals surface area contributed by atoms with Crippen molar-refractivity contribution < 1.29 is 14.4 Å². The number of carbonyl (C=O) groups excluding carboxylic acids is 3. The molecule has 1 atom stereocenters. The number of rotatable bonds is 5. The molecule has 7 heteroatoms. The molecule has 0 unspecified atom stereocenters. The van der Waals surface area contributed by atoms with Crippen LogP contribution in [-0.4, -0.2) is 36.9 Å². The SMILES string of the molecule is CCc1ccccc1NC(=O)CNC(=O)c1ccc2c(c1)NC(=O)[C@H]1CCCN21. The fourth-order valence-electron chi connectivity index (χ4n) is 3.98. The number of fused-ring (bicyclic) bond motifs is 3. The van der Waals surface area contributed by atoms with Crippen molar-refractivity contribution in [3.63, 3.8) is 0 Å². The highest BCUT2D eigenvalue weighted by molar-refractivity contribution is 6.06. The summed E-state index contributed by atoms with van der Waals surface area (Å²) in [5, 5.41) is 8.37. The molecule has 4 rings (SSSR count). The Kier molecular flexibility index (Phi) is 5.20. The van der Waals surface area contributed by atoms with Gasteiger partial charge in [-0.25, -0.2) is 0 Å². The quantitative estimate of drug-likeness (QED) is 0.729. The van der Waals surface area contributed by atoms with E-state index in [9.17, 15) is 14.4 Å². The van der Waals surface area contributed by atoms with Crippen LogP contribution in [0.1, 0.15) is 35.7 Å². The zero-order valence-electron chi connectivity index (χ0n) is 16.3. The second-order valence-electron chi connectivity index (χ2n) is 7.31. The Labute approximate surface area is 169 Å². The van der Waals surface area contributed by atoms with Crippen molar-refractivity contribution in [3.05, 3.63) is 53.6 Å². The van der Waals surface area contributed by atoms with Crippen molar-refractivity contribution in [3.8, 4) is 0 Å². The second kappa shape index (κ2) is 7.95. The van der Waals surface area contributed by atoms with Gasteiger partial charge in [-0.3, -0.25) is 14.4 Å². The fourth-order valence-corrected chi connectivity index (χ4v) is 3.98. The van der Waals surface area contributed by atoms with Crippen LogP contribution in [0, 0.1) is 0 Å². The smallest absolute Gasteiger partial charge is 0.251 e. The van der Waals surface area contributed by atoms with Crippen LogP contribution in [0.4, 0.5) is 17.1 Å². The lowest BCUT2D eigenvalue weighted by atomic mass is 10.1. The van der Waals surface area contributed by atoms with Crippen molar-refractivity contribution in [2.24, 2.45) is 0 Å². The molecule has 3 N–H and O–H groups in total. The Balaban J connectivity index is 1.40. The number of aryl methyl sites for hydroxylation is 1. The molecule has 7 nitrogen and oxygen atoms in total. The Hall–Kier alpha value is -3.35. The molecule has 0 aromatic heterocycles. The maximum atomic E-state index is 12.5. The van der Waals surface area contributed by atoms with E-state index in [2.05, 4.69) is 20.9 Å². The van der Waals surface area contributed by atoms with Crippen LogP contribution in [0.15, 0.2) is 42.5 Å². The number of nitrogens with one attached hydrogen (secondary N) is 3. The zero-order chi connectivity index (χ0) is 20.4. The predicted molar refractivity (Wildman–Crippen MR) is 112 cm³/mol. The number of anilines is 3. The summed E-state index contributed by atoms with van der Waals surface area (Å²) in [7, 11) is 0. The summed E-state index contributed by atoms with van der Waals surface area (Å²) in [6.45, 7) is 2.73. The maximum Gasteiger partial charge on any atom is 0.251 e. The van der Waals surface area contributed by atoms with E-state index in [1.807, 2.05) is 37.3 Å². The number of hydrogen-bond acceptors (Lipinski definition) is 4. The summed E-state index contributed by atoms with van der Waals surface area (Å²) in [5.74, 6) is -0.670. The molecule has 0 aliphatic carbocycles. The summed E-state index contributed by atoms with van der Waals surface area (Å²) in [5.41, 5.74) is 3.78. The number of benzene rings is 2. The molecule has 2 aliphatic rings. The standard InChI is InChI=1S/C22H24N4O3/c1-2-14-6-3-4-7-16(14)24-20(27)13-23-21(28)15-9-10-18-17(12-15)25-22(29)19-8-5-11-26(18)19/h3-4,6-7,9-10,12,19H,2,5,8,11,13H2,1H3,(H,23,28)(H,24,27)(H,25,29)/t19-/m1/s1. The Morgan fingerprint density at radius 1 is 1.21 bits per heavy atom. The molecule has 0 saturated carbocycles. The largest absolute Gasteiger partial charge is 0.358 e. The third-order valence-corrected chi connectivity index (χ3v) is 5.46. The third kappa shape index (κ3) is 3.81. The molecule has 29 heavy (non-hydrogen) atoms. The zero-order valence-corrected chi connectivity index (χ0v) is 16.3. The van der Waals surface area contributed by atoms with Gasteiger partial charge >= 0.3 is 0 Å². The van der Waals surface area contributed by atoms with Crippen LogP contribution in [0.2, 0.25) is 0 Å². The molecule has 1 fully saturated rings. The molecular formula is C22H24N4O3. The third-order valence-electron chi connectivity index (χ3n) is 5.46. The summed E-state index contributed by atoms with van der Waals surface area (Å²) < 4.78 is 0. The summed E-state index contributed by atoms with van der Waals surface area (Å²) in [4.78, 5) is 39.1. The number of carbonyl (C=O) groups is 3. The van der Waals surface area contributed by atoms with Crippen molar-refractivity contribution in [1.82, 2.24) is 5.32 Å². The lowest BCUT2D eigenvalue weighted by molar-refractivity contribution is -0.117. The highest BCUT2D eigenvalue weighted by Gasteiger charge is 2.36. The Bertz CT molecular complexity index is 972. The molecular weight excluding hydrogens is 368 g/mol. The van der Waals surface area contributed by atoms with Gasteiger partial charge in [-0.05, 0) is 49.1 Å². The molecule has 150 valence electrons. The van der Waals surface area contributed by atoms with Crippen LogP contribution in [0.3, 0.4) is 0 Å². The molecule has 2 heterocycles. The van der Waals surface area contributed by atoms with Gasteiger partial charge in [0.2, 0.25) is 11.8 Å². The molecule has 2 aromatic rings. The molecule has 2 aliphatic heterocycles. The summed E-state index contributed by atoms with van der Waals surface area (Å²) >= 11 is 0. The van der Waals surface area contributed by atoms with E-state index >= 15 is 0 Å². The molecule has 1 saturated heterocycles. The average molecular weight is 392 g/mol. The lowest BCUT2D eigenvalue weighted by Crippen LogP contribution is -2.44. The molecule has 0 bridgehead atoms. The van der Waals surface area contributed by atoms with Crippen LogP contribution >= 0.6 is 0 Å². The van der Waals surface area contributed by atoms with Gasteiger partial charge in [0.25, 0.3) is 5.91 Å². The maximum absolute atomic E-state index is 12.5. The summed E-state index contributed by atoms with van der Waals surface area (Å²) in [6, 6.07) is 12.7. The van der Waals surface area contributed by atoms with Crippen molar-refractivity contribution in [2.45, 2.75) is 32.2 Å². The van der Waals surface area contributed by atoms with Crippen molar-refractivity contribution in [2.75, 3.05) is 28.6 Å². The number of nitrogens with zero attached hydrogens (tertiary/aromatic N) is 1. The highest BCUT2D eigenvalue weighted by Crippen LogP contribution is 2.37. The Morgan fingerprint density at radius 2 is 2.03 bits per heavy atom. The monoisotopic (exact) mass is 392 g/mol. The van der Waals surface area contributed by atoms with E-state index < -0.39 is 0 Å². The fraction of sp³-hybridized carbons (Fsp3) is 0.318. The van der Waals surface area contributed by atoms with Gasteiger partial charge < -0.3 is 20.9 Å². The molecule has 3 amide bonds. The number of hydrogen-bond donors (Lipinski definition) is 3.